The average Bonchev–Trinajstić information content (AvgIpc) is 2.37. The summed E-state index contributed by atoms with van der Waals surface area (Å²) in [7, 11) is 0. The van der Waals surface area contributed by atoms with Crippen LogP contribution in [-0.4, -0.2) is 28.3 Å². The Balaban J connectivity index is 2.53. The summed E-state index contributed by atoms with van der Waals surface area (Å²) in [6.45, 7) is 4.17. The van der Waals surface area contributed by atoms with Gasteiger partial charge < -0.3 is 5.32 Å². The molecule has 1 atom stereocenters. The van der Waals surface area contributed by atoms with E-state index in [1.807, 2.05) is 0 Å². The van der Waals surface area contributed by atoms with E-state index in [1.165, 1.54) is 12.8 Å². The van der Waals surface area contributed by atoms with Crippen LogP contribution in [-0.2, 0) is 4.79 Å². The minimum Gasteiger partial charge on any atom is -0.349 e. The maximum Gasteiger partial charge on any atom is 0.233 e. The van der Waals surface area contributed by atoms with Gasteiger partial charge in [0.05, 0.1) is 10.8 Å². The topological polar surface area (TPSA) is 29.1 Å². The molecular weight excluding hydrogens is 242 g/mol. The molecule has 0 bridgehead atoms. The highest BCUT2D eigenvalue weighted by Gasteiger charge is 2.31. The summed E-state index contributed by atoms with van der Waals surface area (Å²) in [6, 6.07) is 0. The smallest absolute Gasteiger partial charge is 0.233 e. The van der Waals surface area contributed by atoms with Gasteiger partial charge in [-0.15, -0.1) is 23.4 Å². The summed E-state index contributed by atoms with van der Waals surface area (Å²) in [5.41, 5.74) is -0.198. The summed E-state index contributed by atoms with van der Waals surface area (Å²) < 4.78 is 0. The largest absolute Gasteiger partial charge is 0.349 e. The van der Waals surface area contributed by atoms with Gasteiger partial charge in [-0.1, -0.05) is 20.3 Å². The lowest BCUT2D eigenvalue weighted by Crippen LogP contribution is -2.52. The van der Waals surface area contributed by atoms with Crippen LogP contribution < -0.4 is 5.32 Å². The molecule has 4 heteroatoms. The fourth-order valence-corrected chi connectivity index (χ4v) is 3.58. The Labute approximate surface area is 108 Å². The van der Waals surface area contributed by atoms with Gasteiger partial charge >= 0.3 is 0 Å². The van der Waals surface area contributed by atoms with Crippen molar-refractivity contribution in [2.45, 2.75) is 56.7 Å². The molecule has 94 valence electrons. The number of rotatable bonds is 5. The molecule has 1 unspecified atom stereocenters. The number of thioether (sulfide) groups is 1. The van der Waals surface area contributed by atoms with Crippen LogP contribution in [0.15, 0.2) is 0 Å². The summed E-state index contributed by atoms with van der Waals surface area (Å²) in [5, 5.41) is 3.31. The van der Waals surface area contributed by atoms with Gasteiger partial charge in [-0.25, -0.2) is 0 Å². The monoisotopic (exact) mass is 263 g/mol. The van der Waals surface area contributed by atoms with Crippen LogP contribution in [0.5, 0.6) is 0 Å². The first kappa shape index (κ1) is 14.2. The highest BCUT2D eigenvalue weighted by molar-refractivity contribution is 8.00. The Morgan fingerprint density at radius 3 is 2.56 bits per heavy atom. The van der Waals surface area contributed by atoms with Crippen molar-refractivity contribution in [3.05, 3.63) is 0 Å². The summed E-state index contributed by atoms with van der Waals surface area (Å²) in [5.74, 6) is 1.81. The van der Waals surface area contributed by atoms with Gasteiger partial charge in [-0.05, 0) is 31.4 Å². The molecule has 1 fully saturated rings. The van der Waals surface area contributed by atoms with Crippen molar-refractivity contribution in [2.75, 3.05) is 11.6 Å². The van der Waals surface area contributed by atoms with E-state index in [9.17, 15) is 4.79 Å². The maximum atomic E-state index is 12.1. The number of carbonyl (C=O) groups excluding carboxylic acids is 1. The fourth-order valence-electron chi connectivity index (χ4n) is 1.94. The van der Waals surface area contributed by atoms with Crippen molar-refractivity contribution in [2.24, 2.45) is 0 Å². The number of halogens is 1. The number of carbonyl (C=O) groups is 1. The molecule has 2 nitrogen and oxygen atoms in total. The third kappa shape index (κ3) is 3.56. The van der Waals surface area contributed by atoms with E-state index in [1.54, 1.807) is 11.8 Å². The second kappa shape index (κ2) is 6.75. The van der Waals surface area contributed by atoms with Gasteiger partial charge in [-0.3, -0.25) is 4.79 Å². The Kier molecular flexibility index (Phi) is 5.98. The zero-order valence-corrected chi connectivity index (χ0v) is 11.8. The molecule has 1 N–H and O–H groups in total. The normalized spacial score (nSPS) is 21.8. The number of amides is 1. The Hall–Kier alpha value is 0.110. The van der Waals surface area contributed by atoms with Crippen LogP contribution >= 0.6 is 23.4 Å². The number of hydrogen-bond donors (Lipinski definition) is 1. The minimum absolute atomic E-state index is 0.148. The first-order valence-electron chi connectivity index (χ1n) is 6.17. The maximum absolute atomic E-state index is 12.1. The van der Waals surface area contributed by atoms with Crippen LogP contribution in [0.3, 0.4) is 0 Å². The highest BCUT2D eigenvalue weighted by atomic mass is 35.5. The second-order valence-electron chi connectivity index (χ2n) is 4.47. The van der Waals surface area contributed by atoms with Crippen LogP contribution in [0.1, 0.15) is 46.0 Å². The fraction of sp³-hybridized carbons (Fsp3) is 0.917. The van der Waals surface area contributed by atoms with Gasteiger partial charge in [0.2, 0.25) is 5.91 Å². The zero-order chi connectivity index (χ0) is 12.0. The van der Waals surface area contributed by atoms with E-state index in [4.69, 9.17) is 11.6 Å². The lowest BCUT2D eigenvalue weighted by Gasteiger charge is -2.33. The molecule has 1 amide bonds. The molecule has 0 aromatic heterocycles. The van der Waals surface area contributed by atoms with E-state index in [0.717, 1.165) is 25.0 Å². The summed E-state index contributed by atoms with van der Waals surface area (Å²) in [6.07, 6.45) is 5.24. The van der Waals surface area contributed by atoms with Crippen LogP contribution in [0.4, 0.5) is 0 Å². The molecule has 1 saturated heterocycles. The Morgan fingerprint density at radius 2 is 2.12 bits per heavy atom. The third-order valence-electron chi connectivity index (χ3n) is 3.47. The lowest BCUT2D eigenvalue weighted by molar-refractivity contribution is -0.122. The summed E-state index contributed by atoms with van der Waals surface area (Å²) in [4.78, 5) is 12.1. The quantitative estimate of drug-likeness (QED) is 0.772. The van der Waals surface area contributed by atoms with Crippen molar-refractivity contribution in [1.82, 2.24) is 5.32 Å². The molecule has 1 aliphatic heterocycles. The molecule has 0 saturated carbocycles. The number of hydrogen-bond acceptors (Lipinski definition) is 2. The molecule has 1 heterocycles. The molecule has 0 radical (unpaired) electrons. The number of alkyl halides is 1. The van der Waals surface area contributed by atoms with E-state index in [2.05, 4.69) is 19.2 Å². The zero-order valence-electron chi connectivity index (χ0n) is 10.2. The minimum atomic E-state index is -0.198. The lowest BCUT2D eigenvalue weighted by atomic mass is 9.95. The molecule has 1 rings (SSSR count). The van der Waals surface area contributed by atoms with E-state index in [0.29, 0.717) is 5.88 Å². The first-order chi connectivity index (χ1) is 7.67. The van der Waals surface area contributed by atoms with Crippen molar-refractivity contribution >= 4 is 29.3 Å². The van der Waals surface area contributed by atoms with Gasteiger partial charge in [0.25, 0.3) is 0 Å². The summed E-state index contributed by atoms with van der Waals surface area (Å²) >= 11 is 7.77. The predicted molar refractivity (Wildman–Crippen MR) is 72.3 cm³/mol. The Morgan fingerprint density at radius 1 is 1.44 bits per heavy atom. The highest BCUT2D eigenvalue weighted by Crippen LogP contribution is 2.26. The molecule has 1 aliphatic rings. The van der Waals surface area contributed by atoms with Gasteiger partial charge in [-0.2, -0.15) is 0 Å². The van der Waals surface area contributed by atoms with Gasteiger partial charge in [0.15, 0.2) is 0 Å². The Bertz CT molecular complexity index is 217. The standard InChI is InChI=1S/C12H22ClNOS/c1-3-12(4-2,9-13)14-11(15)10-7-5-6-8-16-10/h10H,3-9H2,1-2H3,(H,14,15). The SMILES string of the molecule is CCC(CC)(CCl)NC(=O)C1CCCCS1. The van der Waals surface area contributed by atoms with Crippen molar-refractivity contribution in [3.63, 3.8) is 0 Å². The van der Waals surface area contributed by atoms with Gasteiger partial charge in [0, 0.05) is 5.88 Å². The molecular formula is C12H22ClNOS. The molecule has 16 heavy (non-hydrogen) atoms. The first-order valence-corrected chi connectivity index (χ1v) is 7.75. The van der Waals surface area contributed by atoms with E-state index >= 15 is 0 Å². The van der Waals surface area contributed by atoms with Gasteiger partial charge in [0.1, 0.15) is 0 Å². The van der Waals surface area contributed by atoms with Crippen LogP contribution in [0.2, 0.25) is 0 Å². The predicted octanol–water partition coefficient (Wildman–Crippen LogP) is 3.19. The van der Waals surface area contributed by atoms with Crippen LogP contribution in [0.25, 0.3) is 0 Å². The van der Waals surface area contributed by atoms with Crippen molar-refractivity contribution < 1.29 is 4.79 Å². The van der Waals surface area contributed by atoms with Crippen LogP contribution in [0, 0.1) is 0 Å². The van der Waals surface area contributed by atoms with E-state index < -0.39 is 0 Å². The number of nitrogens with one attached hydrogen (secondary N) is 1. The van der Waals surface area contributed by atoms with E-state index in [-0.39, 0.29) is 16.7 Å². The molecule has 0 aromatic carbocycles. The van der Waals surface area contributed by atoms with Crippen molar-refractivity contribution in [1.29, 1.82) is 0 Å². The molecule has 0 aromatic rings. The molecule has 0 aliphatic carbocycles. The average molecular weight is 264 g/mol. The molecule has 0 spiro atoms. The third-order valence-corrected chi connectivity index (χ3v) is 5.36. The second-order valence-corrected chi connectivity index (χ2v) is 6.04. The van der Waals surface area contributed by atoms with Crippen molar-refractivity contribution in [3.8, 4) is 0 Å².